The Balaban J connectivity index is 2.40. The molecule has 1 aliphatic rings. The van der Waals surface area contributed by atoms with Crippen LogP contribution in [0, 0.1) is 0 Å². The van der Waals surface area contributed by atoms with Gasteiger partial charge in [-0.2, -0.15) is 5.48 Å². The number of fused-ring (bicyclic) bond motifs is 1. The molecule has 2 nitrogen and oxygen atoms in total. The molecule has 0 saturated heterocycles. The van der Waals surface area contributed by atoms with Gasteiger partial charge in [0.2, 0.25) is 0 Å². The predicted molar refractivity (Wildman–Crippen MR) is 47.4 cm³/mol. The highest BCUT2D eigenvalue weighted by Gasteiger charge is 2.21. The zero-order valence-corrected chi connectivity index (χ0v) is 7.30. The first-order valence-corrected chi connectivity index (χ1v) is 4.37. The molecule has 64 valence electrons. The first kappa shape index (κ1) is 8.05. The summed E-state index contributed by atoms with van der Waals surface area (Å²) >= 11 is 5.83. The van der Waals surface area contributed by atoms with Crippen LogP contribution in [0.4, 0.5) is 0 Å². The van der Waals surface area contributed by atoms with Crippen molar-refractivity contribution in [3.8, 4) is 0 Å². The molecule has 0 amide bonds. The fourth-order valence-electron chi connectivity index (χ4n) is 1.72. The van der Waals surface area contributed by atoms with Crippen LogP contribution in [0.2, 0.25) is 5.02 Å². The van der Waals surface area contributed by atoms with Gasteiger partial charge in [0, 0.05) is 5.02 Å². The number of hydroxylamine groups is 1. The molecule has 0 bridgehead atoms. The first-order valence-electron chi connectivity index (χ1n) is 3.99. The lowest BCUT2D eigenvalue weighted by atomic mass is 10.1. The van der Waals surface area contributed by atoms with Crippen molar-refractivity contribution in [3.05, 3.63) is 34.3 Å². The SMILES string of the molecule is ONC1CCc2cc(Cl)ccc21. The minimum atomic E-state index is 0.0947. The number of hydrogen-bond donors (Lipinski definition) is 2. The van der Waals surface area contributed by atoms with Gasteiger partial charge in [0.25, 0.3) is 0 Å². The van der Waals surface area contributed by atoms with E-state index in [4.69, 9.17) is 16.8 Å². The van der Waals surface area contributed by atoms with Crippen molar-refractivity contribution in [1.29, 1.82) is 0 Å². The number of rotatable bonds is 1. The van der Waals surface area contributed by atoms with Gasteiger partial charge >= 0.3 is 0 Å². The maximum atomic E-state index is 8.80. The minimum Gasteiger partial charge on any atom is -0.316 e. The van der Waals surface area contributed by atoms with E-state index in [1.54, 1.807) is 0 Å². The van der Waals surface area contributed by atoms with Crippen LogP contribution in [0.3, 0.4) is 0 Å². The predicted octanol–water partition coefficient (Wildman–Crippen LogP) is 2.31. The van der Waals surface area contributed by atoms with Crippen LogP contribution < -0.4 is 5.48 Å². The van der Waals surface area contributed by atoms with Gasteiger partial charge in [-0.3, -0.25) is 0 Å². The van der Waals surface area contributed by atoms with Gasteiger partial charge < -0.3 is 5.21 Å². The van der Waals surface area contributed by atoms with E-state index in [0.29, 0.717) is 0 Å². The highest BCUT2D eigenvalue weighted by molar-refractivity contribution is 6.30. The molecule has 0 fully saturated rings. The first-order chi connectivity index (χ1) is 5.81. The van der Waals surface area contributed by atoms with Crippen molar-refractivity contribution in [2.45, 2.75) is 18.9 Å². The van der Waals surface area contributed by atoms with Crippen molar-refractivity contribution in [2.24, 2.45) is 0 Å². The van der Waals surface area contributed by atoms with Gasteiger partial charge in [-0.25, -0.2) is 0 Å². The van der Waals surface area contributed by atoms with E-state index in [1.807, 2.05) is 18.2 Å². The van der Waals surface area contributed by atoms with E-state index < -0.39 is 0 Å². The quantitative estimate of drug-likeness (QED) is 0.655. The molecular formula is C9H10ClNO. The van der Waals surface area contributed by atoms with E-state index in [0.717, 1.165) is 17.9 Å². The molecular weight excluding hydrogens is 174 g/mol. The van der Waals surface area contributed by atoms with E-state index in [1.165, 1.54) is 11.1 Å². The van der Waals surface area contributed by atoms with Crippen LogP contribution in [0.25, 0.3) is 0 Å². The van der Waals surface area contributed by atoms with Crippen molar-refractivity contribution in [1.82, 2.24) is 5.48 Å². The Morgan fingerprint density at radius 3 is 3.08 bits per heavy atom. The van der Waals surface area contributed by atoms with Crippen LogP contribution in [0.5, 0.6) is 0 Å². The van der Waals surface area contributed by atoms with Crippen LogP contribution in [0.15, 0.2) is 18.2 Å². The van der Waals surface area contributed by atoms with Crippen LogP contribution in [0.1, 0.15) is 23.6 Å². The monoisotopic (exact) mass is 183 g/mol. The van der Waals surface area contributed by atoms with Crippen LogP contribution in [-0.4, -0.2) is 5.21 Å². The zero-order chi connectivity index (χ0) is 8.55. The summed E-state index contributed by atoms with van der Waals surface area (Å²) in [7, 11) is 0. The lowest BCUT2D eigenvalue weighted by molar-refractivity contribution is 0.126. The molecule has 1 atom stereocenters. The van der Waals surface area contributed by atoms with Crippen molar-refractivity contribution >= 4 is 11.6 Å². The number of halogens is 1. The third-order valence-electron chi connectivity index (χ3n) is 2.34. The lowest BCUT2D eigenvalue weighted by Gasteiger charge is -2.07. The summed E-state index contributed by atoms with van der Waals surface area (Å²) in [5.41, 5.74) is 4.71. The number of benzene rings is 1. The highest BCUT2D eigenvalue weighted by Crippen LogP contribution is 2.32. The highest BCUT2D eigenvalue weighted by atomic mass is 35.5. The van der Waals surface area contributed by atoms with E-state index in [-0.39, 0.29) is 6.04 Å². The summed E-state index contributed by atoms with van der Waals surface area (Å²) in [6.45, 7) is 0. The lowest BCUT2D eigenvalue weighted by Crippen LogP contribution is -2.13. The molecule has 3 heteroatoms. The van der Waals surface area contributed by atoms with Gasteiger partial charge in [-0.1, -0.05) is 17.7 Å². The number of nitrogens with one attached hydrogen (secondary N) is 1. The molecule has 0 aliphatic heterocycles. The van der Waals surface area contributed by atoms with Crippen LogP contribution in [-0.2, 0) is 6.42 Å². The second kappa shape index (κ2) is 3.05. The Bertz CT molecular complexity index is 301. The van der Waals surface area contributed by atoms with Gasteiger partial charge in [0.1, 0.15) is 0 Å². The third kappa shape index (κ3) is 1.22. The van der Waals surface area contributed by atoms with Gasteiger partial charge in [0.05, 0.1) is 6.04 Å². The molecule has 0 saturated carbocycles. The average Bonchev–Trinajstić information content (AvgIpc) is 2.46. The molecule has 1 unspecified atom stereocenters. The molecule has 1 aliphatic carbocycles. The number of hydrogen-bond acceptors (Lipinski definition) is 2. The summed E-state index contributed by atoms with van der Waals surface area (Å²) < 4.78 is 0. The van der Waals surface area contributed by atoms with Crippen molar-refractivity contribution < 1.29 is 5.21 Å². The van der Waals surface area contributed by atoms with Crippen molar-refractivity contribution in [3.63, 3.8) is 0 Å². The largest absolute Gasteiger partial charge is 0.316 e. The maximum absolute atomic E-state index is 8.80. The summed E-state index contributed by atoms with van der Waals surface area (Å²) in [5.74, 6) is 0. The summed E-state index contributed by atoms with van der Waals surface area (Å²) in [6, 6.07) is 5.89. The van der Waals surface area contributed by atoms with E-state index in [9.17, 15) is 0 Å². The number of aryl methyl sites for hydroxylation is 1. The van der Waals surface area contributed by atoms with Crippen LogP contribution >= 0.6 is 11.6 Å². The Hall–Kier alpha value is -0.570. The molecule has 0 heterocycles. The second-order valence-electron chi connectivity index (χ2n) is 3.06. The summed E-state index contributed by atoms with van der Waals surface area (Å²) in [4.78, 5) is 0. The fourth-order valence-corrected chi connectivity index (χ4v) is 1.91. The Kier molecular flexibility index (Phi) is 2.05. The second-order valence-corrected chi connectivity index (χ2v) is 3.50. The normalized spacial score (nSPS) is 21.0. The van der Waals surface area contributed by atoms with Gasteiger partial charge in [-0.15, -0.1) is 0 Å². The minimum absolute atomic E-state index is 0.0947. The molecule has 0 aromatic heterocycles. The van der Waals surface area contributed by atoms with E-state index >= 15 is 0 Å². The molecule has 1 aromatic carbocycles. The molecule has 2 rings (SSSR count). The Morgan fingerprint density at radius 2 is 2.33 bits per heavy atom. The topological polar surface area (TPSA) is 32.3 Å². The average molecular weight is 184 g/mol. The fraction of sp³-hybridized carbons (Fsp3) is 0.333. The summed E-state index contributed by atoms with van der Waals surface area (Å²) in [6.07, 6.45) is 1.94. The Morgan fingerprint density at radius 1 is 1.50 bits per heavy atom. The summed E-state index contributed by atoms with van der Waals surface area (Å²) in [5, 5.41) is 9.57. The Labute approximate surface area is 76.1 Å². The third-order valence-corrected chi connectivity index (χ3v) is 2.57. The standard InChI is InChI=1S/C9H10ClNO/c10-7-2-3-8-6(5-7)1-4-9(8)11-12/h2-3,5,9,11-12H,1,4H2. The molecule has 2 N–H and O–H groups in total. The molecule has 12 heavy (non-hydrogen) atoms. The van der Waals surface area contributed by atoms with E-state index in [2.05, 4.69) is 5.48 Å². The molecule has 0 radical (unpaired) electrons. The maximum Gasteiger partial charge on any atom is 0.0574 e. The van der Waals surface area contributed by atoms with Gasteiger partial charge in [0.15, 0.2) is 0 Å². The van der Waals surface area contributed by atoms with Crippen molar-refractivity contribution in [2.75, 3.05) is 0 Å². The van der Waals surface area contributed by atoms with Gasteiger partial charge in [-0.05, 0) is 36.1 Å². The smallest absolute Gasteiger partial charge is 0.0574 e. The zero-order valence-electron chi connectivity index (χ0n) is 6.55. The molecule has 0 spiro atoms. The molecule has 1 aromatic rings.